The van der Waals surface area contributed by atoms with Crippen LogP contribution in [0.15, 0.2) is 12.2 Å². The van der Waals surface area contributed by atoms with Crippen molar-refractivity contribution < 1.29 is 14.7 Å². The third-order valence-electron chi connectivity index (χ3n) is 4.44. The van der Waals surface area contributed by atoms with E-state index in [-0.39, 0.29) is 12.3 Å². The normalized spacial score (nSPS) is 21.1. The van der Waals surface area contributed by atoms with Crippen LogP contribution in [0.3, 0.4) is 0 Å². The van der Waals surface area contributed by atoms with Gasteiger partial charge >= 0.3 is 5.97 Å². The average Bonchev–Trinajstić information content (AvgIpc) is 2.79. The van der Waals surface area contributed by atoms with Crippen molar-refractivity contribution in [2.45, 2.75) is 77.6 Å². The van der Waals surface area contributed by atoms with Crippen molar-refractivity contribution in [3.05, 3.63) is 12.2 Å². The van der Waals surface area contributed by atoms with Crippen molar-refractivity contribution in [2.24, 2.45) is 11.8 Å². The minimum Gasteiger partial charge on any atom is -0.481 e. The monoisotopic (exact) mass is 294 g/mol. The van der Waals surface area contributed by atoms with E-state index in [1.807, 2.05) is 0 Å². The van der Waals surface area contributed by atoms with Gasteiger partial charge in [0.05, 0.1) is 0 Å². The molecule has 0 heterocycles. The van der Waals surface area contributed by atoms with E-state index in [4.69, 9.17) is 5.11 Å². The van der Waals surface area contributed by atoms with Gasteiger partial charge in [-0.15, -0.1) is 0 Å². The Labute approximate surface area is 128 Å². The first-order chi connectivity index (χ1) is 10.1. The maximum Gasteiger partial charge on any atom is 0.303 e. The Bertz CT molecular complexity index is 346. The maximum atomic E-state index is 11.9. The number of allylic oxidation sites excluding steroid dienone is 2. The fourth-order valence-electron chi connectivity index (χ4n) is 3.14. The van der Waals surface area contributed by atoms with E-state index in [0.29, 0.717) is 11.7 Å². The molecule has 0 aromatic carbocycles. The first-order valence-corrected chi connectivity index (χ1v) is 8.59. The van der Waals surface area contributed by atoms with Gasteiger partial charge in [0.1, 0.15) is 0 Å². The van der Waals surface area contributed by atoms with Crippen molar-refractivity contribution >= 4 is 11.8 Å². The van der Waals surface area contributed by atoms with E-state index in [2.05, 4.69) is 13.0 Å². The molecular formula is C18H30O3. The highest BCUT2D eigenvalue weighted by atomic mass is 16.4. The molecule has 21 heavy (non-hydrogen) atoms. The standard InChI is InChI=1S/C18H30O3/c1-2-3-7-10-15-13-14-17(19)16(15)11-8-5-4-6-9-12-18(20)21/h13-16H,2-12H2,1H3,(H,20,21)/t15-,16+/m1/s1. The van der Waals surface area contributed by atoms with Gasteiger partial charge < -0.3 is 5.11 Å². The summed E-state index contributed by atoms with van der Waals surface area (Å²) in [6.07, 6.45) is 15.1. The van der Waals surface area contributed by atoms with Crippen molar-refractivity contribution in [1.29, 1.82) is 0 Å². The summed E-state index contributed by atoms with van der Waals surface area (Å²) in [6, 6.07) is 0. The van der Waals surface area contributed by atoms with E-state index in [1.165, 1.54) is 19.3 Å². The Morgan fingerprint density at radius 3 is 2.43 bits per heavy atom. The zero-order valence-corrected chi connectivity index (χ0v) is 13.4. The first kappa shape index (κ1) is 17.9. The summed E-state index contributed by atoms with van der Waals surface area (Å²) < 4.78 is 0. The summed E-state index contributed by atoms with van der Waals surface area (Å²) in [5.74, 6) is 0.312. The van der Waals surface area contributed by atoms with Crippen LogP contribution in [-0.4, -0.2) is 16.9 Å². The predicted molar refractivity (Wildman–Crippen MR) is 85.2 cm³/mol. The van der Waals surface area contributed by atoms with Crippen LogP contribution < -0.4 is 0 Å². The number of carbonyl (C=O) groups excluding carboxylic acids is 1. The third-order valence-corrected chi connectivity index (χ3v) is 4.44. The van der Waals surface area contributed by atoms with Crippen LogP contribution in [0.1, 0.15) is 77.6 Å². The molecule has 0 unspecified atom stereocenters. The second kappa shape index (κ2) is 10.6. The molecule has 0 radical (unpaired) electrons. The van der Waals surface area contributed by atoms with Crippen LogP contribution in [0.2, 0.25) is 0 Å². The molecule has 1 N–H and O–H groups in total. The van der Waals surface area contributed by atoms with Crippen LogP contribution in [0, 0.1) is 11.8 Å². The summed E-state index contributed by atoms with van der Waals surface area (Å²) in [5, 5.41) is 8.56. The number of rotatable bonds is 12. The Balaban J connectivity index is 2.11. The number of aliphatic carboxylic acids is 1. The summed E-state index contributed by atoms with van der Waals surface area (Å²) in [5.41, 5.74) is 0. The number of ketones is 1. The fraction of sp³-hybridized carbons (Fsp3) is 0.778. The van der Waals surface area contributed by atoms with E-state index in [9.17, 15) is 9.59 Å². The molecule has 0 saturated heterocycles. The van der Waals surface area contributed by atoms with Gasteiger partial charge in [-0.3, -0.25) is 9.59 Å². The number of carbonyl (C=O) groups is 2. The summed E-state index contributed by atoms with van der Waals surface area (Å²) in [7, 11) is 0. The van der Waals surface area contributed by atoms with Crippen molar-refractivity contribution in [3.63, 3.8) is 0 Å². The van der Waals surface area contributed by atoms with Crippen LogP contribution in [0.5, 0.6) is 0 Å². The fourth-order valence-corrected chi connectivity index (χ4v) is 3.14. The lowest BCUT2D eigenvalue weighted by atomic mass is 9.86. The lowest BCUT2D eigenvalue weighted by Gasteiger charge is -2.17. The lowest BCUT2D eigenvalue weighted by molar-refractivity contribution is -0.137. The molecule has 0 fully saturated rings. The van der Waals surface area contributed by atoms with Crippen LogP contribution in [0.4, 0.5) is 0 Å². The smallest absolute Gasteiger partial charge is 0.303 e. The zero-order valence-electron chi connectivity index (χ0n) is 13.4. The van der Waals surface area contributed by atoms with Crippen molar-refractivity contribution in [3.8, 4) is 0 Å². The van der Waals surface area contributed by atoms with Crippen LogP contribution in [-0.2, 0) is 9.59 Å². The van der Waals surface area contributed by atoms with Crippen molar-refractivity contribution in [2.75, 3.05) is 0 Å². The second-order valence-corrected chi connectivity index (χ2v) is 6.23. The molecule has 0 aliphatic heterocycles. The number of hydrogen-bond donors (Lipinski definition) is 1. The highest BCUT2D eigenvalue weighted by molar-refractivity contribution is 5.94. The number of carboxylic acids is 1. The molecule has 3 nitrogen and oxygen atoms in total. The van der Waals surface area contributed by atoms with Gasteiger partial charge in [-0.1, -0.05) is 57.9 Å². The van der Waals surface area contributed by atoms with Crippen LogP contribution in [0.25, 0.3) is 0 Å². The molecule has 0 aromatic heterocycles. The second-order valence-electron chi connectivity index (χ2n) is 6.23. The van der Waals surface area contributed by atoms with Gasteiger partial charge in [0, 0.05) is 12.3 Å². The van der Waals surface area contributed by atoms with E-state index in [1.54, 1.807) is 6.08 Å². The molecule has 0 bridgehead atoms. The lowest BCUT2D eigenvalue weighted by Crippen LogP contribution is -2.16. The summed E-state index contributed by atoms with van der Waals surface area (Å²) >= 11 is 0. The summed E-state index contributed by atoms with van der Waals surface area (Å²) in [4.78, 5) is 22.3. The van der Waals surface area contributed by atoms with Gasteiger partial charge in [0.25, 0.3) is 0 Å². The minimum absolute atomic E-state index is 0.223. The minimum atomic E-state index is -0.701. The Kier molecular flexibility index (Phi) is 9.04. The van der Waals surface area contributed by atoms with Gasteiger partial charge in [0.2, 0.25) is 0 Å². The molecule has 0 saturated carbocycles. The largest absolute Gasteiger partial charge is 0.481 e. The highest BCUT2D eigenvalue weighted by Crippen LogP contribution is 2.31. The quantitative estimate of drug-likeness (QED) is 0.528. The molecule has 0 amide bonds. The Morgan fingerprint density at radius 1 is 1.05 bits per heavy atom. The molecule has 1 aliphatic carbocycles. The predicted octanol–water partition coefficient (Wildman–Crippen LogP) is 4.75. The van der Waals surface area contributed by atoms with Gasteiger partial charge in [-0.2, -0.15) is 0 Å². The maximum absolute atomic E-state index is 11.9. The molecule has 0 aromatic rings. The molecule has 3 heteroatoms. The molecule has 120 valence electrons. The van der Waals surface area contributed by atoms with Gasteiger partial charge in [0.15, 0.2) is 5.78 Å². The van der Waals surface area contributed by atoms with Gasteiger partial charge in [-0.05, 0) is 31.3 Å². The third kappa shape index (κ3) is 7.45. The number of carboxylic acid groups (broad SMARTS) is 1. The van der Waals surface area contributed by atoms with E-state index in [0.717, 1.165) is 44.9 Å². The Hall–Kier alpha value is -1.12. The first-order valence-electron chi connectivity index (χ1n) is 8.59. The highest BCUT2D eigenvalue weighted by Gasteiger charge is 2.28. The Morgan fingerprint density at radius 2 is 1.71 bits per heavy atom. The molecule has 2 atom stereocenters. The molecular weight excluding hydrogens is 264 g/mol. The average molecular weight is 294 g/mol. The van der Waals surface area contributed by atoms with Crippen molar-refractivity contribution in [1.82, 2.24) is 0 Å². The topological polar surface area (TPSA) is 54.4 Å². The molecule has 0 spiro atoms. The number of unbranched alkanes of at least 4 members (excludes halogenated alkanes) is 6. The molecule has 1 aliphatic rings. The summed E-state index contributed by atoms with van der Waals surface area (Å²) in [6.45, 7) is 2.21. The van der Waals surface area contributed by atoms with Crippen LogP contribution >= 0.6 is 0 Å². The SMILES string of the molecule is CCCCC[C@@H]1C=CC(=O)[C@H]1CCCCCCCC(=O)O. The number of hydrogen-bond acceptors (Lipinski definition) is 2. The zero-order chi connectivity index (χ0) is 15.5. The van der Waals surface area contributed by atoms with E-state index < -0.39 is 5.97 Å². The van der Waals surface area contributed by atoms with Gasteiger partial charge in [-0.25, -0.2) is 0 Å². The van der Waals surface area contributed by atoms with E-state index >= 15 is 0 Å². The molecule has 1 rings (SSSR count).